The molecule has 1 fully saturated rings. The molecule has 1 aliphatic heterocycles. The number of methoxy groups -OCH3 is 1. The maximum atomic E-state index is 8.60. The van der Waals surface area contributed by atoms with Gasteiger partial charge in [0.2, 0.25) is 0 Å². The van der Waals surface area contributed by atoms with Crippen molar-refractivity contribution in [2.45, 2.75) is 25.9 Å². The van der Waals surface area contributed by atoms with Crippen molar-refractivity contribution in [2.24, 2.45) is 0 Å². The van der Waals surface area contributed by atoms with Gasteiger partial charge in [0.1, 0.15) is 12.4 Å². The van der Waals surface area contributed by atoms with Gasteiger partial charge in [-0.1, -0.05) is 36.4 Å². The van der Waals surface area contributed by atoms with Crippen molar-refractivity contribution in [3.05, 3.63) is 78.4 Å². The van der Waals surface area contributed by atoms with Gasteiger partial charge in [-0.15, -0.1) is 0 Å². The third-order valence-electron chi connectivity index (χ3n) is 6.49. The molecule has 1 N–H and O–H groups in total. The summed E-state index contributed by atoms with van der Waals surface area (Å²) in [6, 6.07) is 25.4. The van der Waals surface area contributed by atoms with E-state index in [9.17, 15) is 0 Å². The Hall–Kier alpha value is -3.06. The van der Waals surface area contributed by atoms with Crippen LogP contribution < -0.4 is 14.5 Å². The largest absolute Gasteiger partial charge is 0.494 e. The number of piperazine rings is 1. The molecular formula is C29H36N2O4. The number of unbranched alkanes of at least 4 members (excludes halogenated alkanes) is 2. The summed E-state index contributed by atoms with van der Waals surface area (Å²) in [4.78, 5) is 9.06. The maximum absolute atomic E-state index is 8.60. The molecule has 1 heterocycles. The normalized spacial score (nSPS) is 13.8. The minimum Gasteiger partial charge on any atom is -0.494 e. The maximum Gasteiger partial charge on any atom is 0.119 e. The van der Waals surface area contributed by atoms with Crippen LogP contribution in [0.5, 0.6) is 5.75 Å². The van der Waals surface area contributed by atoms with Crippen molar-refractivity contribution in [2.75, 3.05) is 56.3 Å². The predicted octanol–water partition coefficient (Wildman–Crippen LogP) is 5.87. The molecule has 3 aromatic carbocycles. The van der Waals surface area contributed by atoms with Crippen molar-refractivity contribution in [3.8, 4) is 16.9 Å². The van der Waals surface area contributed by atoms with E-state index in [1.807, 2.05) is 12.1 Å². The predicted molar refractivity (Wildman–Crippen MR) is 141 cm³/mol. The Morgan fingerprint density at radius 3 is 1.71 bits per heavy atom. The molecule has 35 heavy (non-hydrogen) atoms. The second-order valence-electron chi connectivity index (χ2n) is 8.89. The SMILES string of the molecule is COCCCCCOc1ccc(-c2ccc(N3CCN(c4ccc(COO)cc4)CC3)cc2)cc1. The molecule has 0 aliphatic carbocycles. The van der Waals surface area contributed by atoms with E-state index in [1.165, 1.54) is 22.5 Å². The van der Waals surface area contributed by atoms with Crippen LogP contribution in [-0.4, -0.2) is 51.8 Å². The Morgan fingerprint density at radius 1 is 0.657 bits per heavy atom. The van der Waals surface area contributed by atoms with Crippen LogP contribution in [0.3, 0.4) is 0 Å². The molecule has 4 rings (SSSR count). The summed E-state index contributed by atoms with van der Waals surface area (Å²) in [5, 5.41) is 8.60. The molecule has 0 unspecified atom stereocenters. The van der Waals surface area contributed by atoms with Crippen molar-refractivity contribution in [3.63, 3.8) is 0 Å². The van der Waals surface area contributed by atoms with Crippen LogP contribution >= 0.6 is 0 Å². The lowest BCUT2D eigenvalue weighted by molar-refractivity contribution is -0.253. The van der Waals surface area contributed by atoms with Crippen molar-refractivity contribution < 1.29 is 19.6 Å². The number of benzene rings is 3. The molecule has 0 radical (unpaired) electrons. The number of hydrogen-bond acceptors (Lipinski definition) is 6. The van der Waals surface area contributed by atoms with E-state index in [1.54, 1.807) is 7.11 Å². The van der Waals surface area contributed by atoms with Crippen LogP contribution in [0.1, 0.15) is 24.8 Å². The van der Waals surface area contributed by atoms with E-state index in [0.717, 1.165) is 70.0 Å². The van der Waals surface area contributed by atoms with Crippen LogP contribution in [-0.2, 0) is 16.2 Å². The highest BCUT2D eigenvalue weighted by Gasteiger charge is 2.17. The Kier molecular flexibility index (Phi) is 9.40. The summed E-state index contributed by atoms with van der Waals surface area (Å²) in [6.07, 6.45) is 3.26. The monoisotopic (exact) mass is 476 g/mol. The van der Waals surface area contributed by atoms with Gasteiger partial charge in [-0.05, 0) is 72.4 Å². The lowest BCUT2D eigenvalue weighted by Crippen LogP contribution is -2.46. The fourth-order valence-corrected chi connectivity index (χ4v) is 4.42. The minimum atomic E-state index is 0.220. The molecule has 6 heteroatoms. The van der Waals surface area contributed by atoms with Gasteiger partial charge in [-0.3, -0.25) is 5.26 Å². The smallest absolute Gasteiger partial charge is 0.119 e. The van der Waals surface area contributed by atoms with E-state index in [-0.39, 0.29) is 6.61 Å². The zero-order valence-corrected chi connectivity index (χ0v) is 20.6. The third kappa shape index (κ3) is 7.21. The zero-order valence-electron chi connectivity index (χ0n) is 20.6. The fourth-order valence-electron chi connectivity index (χ4n) is 4.42. The number of nitrogens with zero attached hydrogens (tertiary/aromatic N) is 2. The lowest BCUT2D eigenvalue weighted by Gasteiger charge is -2.37. The first-order chi connectivity index (χ1) is 17.3. The summed E-state index contributed by atoms with van der Waals surface area (Å²) < 4.78 is 10.9. The highest BCUT2D eigenvalue weighted by Crippen LogP contribution is 2.27. The average Bonchev–Trinajstić information content (AvgIpc) is 2.92. The van der Waals surface area contributed by atoms with Crippen LogP contribution in [0.25, 0.3) is 11.1 Å². The topological polar surface area (TPSA) is 54.4 Å². The molecule has 0 bridgehead atoms. The van der Waals surface area contributed by atoms with Crippen LogP contribution in [0.4, 0.5) is 11.4 Å². The van der Waals surface area contributed by atoms with Gasteiger partial charge in [0.05, 0.1) is 6.61 Å². The second-order valence-corrected chi connectivity index (χ2v) is 8.89. The lowest BCUT2D eigenvalue weighted by atomic mass is 10.0. The number of ether oxygens (including phenoxy) is 2. The van der Waals surface area contributed by atoms with Gasteiger partial charge in [-0.25, -0.2) is 4.89 Å². The van der Waals surface area contributed by atoms with Gasteiger partial charge in [0.25, 0.3) is 0 Å². The Balaban J connectivity index is 1.25. The first kappa shape index (κ1) is 25.0. The van der Waals surface area contributed by atoms with Gasteiger partial charge in [0, 0.05) is 51.3 Å². The van der Waals surface area contributed by atoms with Crippen LogP contribution in [0, 0.1) is 0 Å². The average molecular weight is 477 g/mol. The summed E-state index contributed by atoms with van der Waals surface area (Å²) in [5.74, 6) is 0.923. The highest BCUT2D eigenvalue weighted by molar-refractivity contribution is 5.67. The Labute approximate surface area is 208 Å². The first-order valence-electron chi connectivity index (χ1n) is 12.4. The zero-order chi connectivity index (χ0) is 24.3. The first-order valence-corrected chi connectivity index (χ1v) is 12.4. The number of hydrogen-bond donors (Lipinski definition) is 1. The molecule has 1 saturated heterocycles. The Morgan fingerprint density at radius 2 is 1.17 bits per heavy atom. The minimum absolute atomic E-state index is 0.220. The van der Waals surface area contributed by atoms with Crippen LogP contribution in [0.15, 0.2) is 72.8 Å². The van der Waals surface area contributed by atoms with Gasteiger partial charge < -0.3 is 19.3 Å². The highest BCUT2D eigenvalue weighted by atomic mass is 17.1. The molecule has 186 valence electrons. The van der Waals surface area contributed by atoms with E-state index in [4.69, 9.17) is 14.7 Å². The molecular weight excluding hydrogens is 440 g/mol. The standard InChI is InChI=1S/C29H36N2O4/c1-33-21-3-2-4-22-34-29-15-9-26(10-16-29)25-7-13-28(14-8-25)31-19-17-30(18-20-31)27-11-5-24(6-12-27)23-35-32/h5-16,32H,2-4,17-23H2,1H3. The molecule has 3 aromatic rings. The summed E-state index contributed by atoms with van der Waals surface area (Å²) >= 11 is 0. The summed E-state index contributed by atoms with van der Waals surface area (Å²) in [6.45, 7) is 5.71. The van der Waals surface area contributed by atoms with E-state index in [2.05, 4.69) is 75.4 Å². The summed E-state index contributed by atoms with van der Waals surface area (Å²) in [7, 11) is 1.74. The molecule has 0 amide bonds. The van der Waals surface area contributed by atoms with Gasteiger partial charge >= 0.3 is 0 Å². The van der Waals surface area contributed by atoms with E-state index in [0.29, 0.717) is 0 Å². The van der Waals surface area contributed by atoms with Crippen molar-refractivity contribution in [1.82, 2.24) is 0 Å². The molecule has 1 aliphatic rings. The van der Waals surface area contributed by atoms with Crippen molar-refractivity contribution >= 4 is 11.4 Å². The Bertz CT molecular complexity index is 998. The molecule has 0 atom stereocenters. The van der Waals surface area contributed by atoms with Gasteiger partial charge in [0.15, 0.2) is 0 Å². The molecule has 6 nitrogen and oxygen atoms in total. The quantitative estimate of drug-likeness (QED) is 0.201. The fraction of sp³-hybridized carbons (Fsp3) is 0.379. The van der Waals surface area contributed by atoms with E-state index < -0.39 is 0 Å². The van der Waals surface area contributed by atoms with Crippen LogP contribution in [0.2, 0.25) is 0 Å². The van der Waals surface area contributed by atoms with Gasteiger partial charge in [-0.2, -0.15) is 0 Å². The summed E-state index contributed by atoms with van der Waals surface area (Å²) in [5.41, 5.74) is 5.85. The molecule has 0 saturated carbocycles. The van der Waals surface area contributed by atoms with E-state index >= 15 is 0 Å². The number of anilines is 2. The molecule has 0 aromatic heterocycles. The molecule has 0 spiro atoms. The second kappa shape index (κ2) is 13.1. The third-order valence-corrected chi connectivity index (χ3v) is 6.49. The van der Waals surface area contributed by atoms with Crippen molar-refractivity contribution in [1.29, 1.82) is 0 Å². The number of rotatable bonds is 12.